The number of benzene rings is 5. The highest BCUT2D eigenvalue weighted by atomic mass is 32.2. The minimum Gasteiger partial charge on any atom is -0.457 e. The summed E-state index contributed by atoms with van der Waals surface area (Å²) in [5.74, 6) is 0.471. The molecule has 2 aliphatic heterocycles. The fourth-order valence-electron chi connectivity index (χ4n) is 9.52. The van der Waals surface area contributed by atoms with Gasteiger partial charge < -0.3 is 15.0 Å². The Hall–Kier alpha value is -5.86. The average molecular weight is 931 g/mol. The van der Waals surface area contributed by atoms with Gasteiger partial charge in [-0.15, -0.1) is 0 Å². The summed E-state index contributed by atoms with van der Waals surface area (Å²) in [5.41, 5.74) is 6.91. The minimum absolute atomic E-state index is 0.111. The molecular formula is C53H60N3O8S2+. The maximum Gasteiger partial charge on any atom is 0.294 e. The summed E-state index contributed by atoms with van der Waals surface area (Å²) >= 11 is 0. The molecule has 0 atom stereocenters. The topological polar surface area (TPSA) is 153 Å². The molecule has 2 aliphatic rings. The lowest BCUT2D eigenvalue weighted by Crippen LogP contribution is -2.28. The van der Waals surface area contributed by atoms with Crippen LogP contribution in [0.3, 0.4) is 0 Å². The Morgan fingerprint density at radius 3 is 2.29 bits per heavy atom. The third-order valence-corrected chi connectivity index (χ3v) is 14.4. The first-order valence-electron chi connectivity index (χ1n) is 22.4. The number of aryl methyl sites for hydroxylation is 1. The predicted molar refractivity (Wildman–Crippen MR) is 265 cm³/mol. The summed E-state index contributed by atoms with van der Waals surface area (Å²) in [5, 5.41) is 6.73. The largest absolute Gasteiger partial charge is 0.457 e. The van der Waals surface area contributed by atoms with E-state index in [1.165, 1.54) is 34.2 Å². The molecule has 0 bridgehead atoms. The first-order valence-corrected chi connectivity index (χ1v) is 25.4. The van der Waals surface area contributed by atoms with E-state index in [1.54, 1.807) is 13.8 Å². The molecule has 0 saturated heterocycles. The van der Waals surface area contributed by atoms with E-state index in [9.17, 15) is 30.7 Å². The molecule has 0 spiro atoms. The summed E-state index contributed by atoms with van der Waals surface area (Å²) in [7, 11) is -8.79. The molecule has 2 heterocycles. The van der Waals surface area contributed by atoms with Crippen LogP contribution in [0.25, 0.3) is 21.5 Å². The van der Waals surface area contributed by atoms with Crippen LogP contribution in [0.4, 0.5) is 11.4 Å². The van der Waals surface area contributed by atoms with Crippen LogP contribution in [0.15, 0.2) is 138 Å². The van der Waals surface area contributed by atoms with Gasteiger partial charge in [-0.3, -0.25) is 13.9 Å². The maximum absolute atomic E-state index is 12.5. The standard InChI is InChI=1S/C53H59N3O8S2/c1-9-10-30-55-45-24-18-38-14-11-12-15-43(38)49(45)52(5,6)47(55)26-21-40(64-39-19-16-37(17-20-39)28-29-54-51(57)35(2)3)22-27-48-53(7,8)50-44-34-41(66(61,62)63)33-36(4)42(44)23-25-46(50)56(48)31-13-32-65(58,59)60/h11-12,14-27,33-34H,2,9-10,13,28-32H2,1,3-8H3,(H2-,54,57,58,59,60,61,62,63)/p+1. The Kier molecular flexibility index (Phi) is 13.7. The van der Waals surface area contributed by atoms with Crippen molar-refractivity contribution in [1.82, 2.24) is 5.32 Å². The van der Waals surface area contributed by atoms with Crippen LogP contribution in [0.1, 0.15) is 83.1 Å². The van der Waals surface area contributed by atoms with E-state index >= 15 is 0 Å². The second kappa shape index (κ2) is 18.8. The number of fused-ring (bicyclic) bond motifs is 6. The second-order valence-electron chi connectivity index (χ2n) is 18.4. The van der Waals surface area contributed by atoms with Gasteiger partial charge in [0.2, 0.25) is 11.6 Å². The third-order valence-electron chi connectivity index (χ3n) is 12.8. The molecule has 5 aromatic carbocycles. The zero-order chi connectivity index (χ0) is 47.8. The lowest BCUT2D eigenvalue weighted by atomic mass is 9.78. The van der Waals surface area contributed by atoms with Gasteiger partial charge in [0, 0.05) is 59.6 Å². The van der Waals surface area contributed by atoms with Gasteiger partial charge >= 0.3 is 0 Å². The van der Waals surface area contributed by atoms with Gasteiger partial charge in [-0.2, -0.15) is 21.4 Å². The summed E-state index contributed by atoms with van der Waals surface area (Å²) in [6, 6.07) is 27.4. The highest BCUT2D eigenvalue weighted by molar-refractivity contribution is 7.86. The molecule has 0 aliphatic carbocycles. The molecular weight excluding hydrogens is 871 g/mol. The lowest BCUT2D eigenvalue weighted by Gasteiger charge is -2.27. The molecule has 11 nitrogen and oxygen atoms in total. The zero-order valence-corrected chi connectivity index (χ0v) is 40.4. The van der Waals surface area contributed by atoms with E-state index in [0.717, 1.165) is 53.0 Å². The van der Waals surface area contributed by atoms with Gasteiger partial charge in [-0.1, -0.05) is 76.2 Å². The molecule has 7 rings (SSSR count). The highest BCUT2D eigenvalue weighted by Crippen LogP contribution is 2.51. The average Bonchev–Trinajstić information content (AvgIpc) is 3.61. The van der Waals surface area contributed by atoms with Gasteiger partial charge in [0.15, 0.2) is 5.71 Å². The molecule has 13 heteroatoms. The number of rotatable bonds is 17. The van der Waals surface area contributed by atoms with Crippen LogP contribution in [0.2, 0.25) is 0 Å². The number of carbonyl (C=O) groups is 1. The normalized spacial score (nSPS) is 16.4. The SMILES string of the molecule is C=C(C)C(=O)NCCc1ccc(OC(C=CC2=[N+](CCCS(=O)(=O)O)c3ccc4c(C)cc(S(=O)(=O)O)cc4c3C2(C)C)=CC=C2N(CCCC)c3ccc4ccccc4c3C2(C)C)cc1. The lowest BCUT2D eigenvalue weighted by molar-refractivity contribution is -0.437. The van der Waals surface area contributed by atoms with Crippen LogP contribution >= 0.6 is 0 Å². The second-order valence-corrected chi connectivity index (χ2v) is 21.4. The smallest absolute Gasteiger partial charge is 0.294 e. The van der Waals surface area contributed by atoms with Crippen LogP contribution < -0.4 is 15.0 Å². The van der Waals surface area contributed by atoms with Crippen LogP contribution in [-0.4, -0.2) is 67.5 Å². The number of nitrogens with zero attached hydrogens (tertiary/aromatic N) is 2. The number of nitrogens with one attached hydrogen (secondary N) is 1. The van der Waals surface area contributed by atoms with Crippen LogP contribution in [-0.2, 0) is 42.3 Å². The first-order chi connectivity index (χ1) is 31.1. The van der Waals surface area contributed by atoms with E-state index in [1.807, 2.05) is 73.0 Å². The first kappa shape index (κ1) is 48.1. The molecule has 0 unspecified atom stereocenters. The van der Waals surface area contributed by atoms with Gasteiger partial charge in [0.25, 0.3) is 20.2 Å². The van der Waals surface area contributed by atoms with E-state index < -0.39 is 31.4 Å². The Labute approximate surface area is 389 Å². The number of carbonyl (C=O) groups excluding carboxylic acids is 1. The van der Waals surface area contributed by atoms with E-state index in [0.29, 0.717) is 41.0 Å². The van der Waals surface area contributed by atoms with Gasteiger partial charge in [0.05, 0.1) is 16.1 Å². The number of hydrogen-bond acceptors (Lipinski definition) is 7. The Bertz CT molecular complexity index is 3110. The van der Waals surface area contributed by atoms with Crippen molar-refractivity contribution in [3.05, 3.63) is 155 Å². The van der Waals surface area contributed by atoms with Crippen molar-refractivity contribution in [2.24, 2.45) is 0 Å². The fourth-order valence-corrected chi connectivity index (χ4v) is 10.6. The van der Waals surface area contributed by atoms with E-state index in [-0.39, 0.29) is 29.2 Å². The van der Waals surface area contributed by atoms with Crippen LogP contribution in [0.5, 0.6) is 5.75 Å². The van der Waals surface area contributed by atoms with Gasteiger partial charge in [-0.05, 0) is 133 Å². The third kappa shape index (κ3) is 9.95. The van der Waals surface area contributed by atoms with Crippen molar-refractivity contribution in [1.29, 1.82) is 0 Å². The van der Waals surface area contributed by atoms with E-state index in [2.05, 4.69) is 80.0 Å². The summed E-state index contributed by atoms with van der Waals surface area (Å²) in [4.78, 5) is 14.3. The van der Waals surface area contributed by atoms with Crippen molar-refractivity contribution in [3.8, 4) is 5.75 Å². The minimum atomic E-state index is -4.54. The molecule has 5 aromatic rings. The summed E-state index contributed by atoms with van der Waals surface area (Å²) in [6.45, 7) is 19.5. The van der Waals surface area contributed by atoms with Gasteiger partial charge in [-0.25, -0.2) is 0 Å². The monoisotopic (exact) mass is 930 g/mol. The molecule has 3 N–H and O–H groups in total. The molecule has 1 amide bonds. The van der Waals surface area contributed by atoms with Crippen molar-refractivity contribution < 1.29 is 40.0 Å². The number of anilines is 1. The molecule has 66 heavy (non-hydrogen) atoms. The maximum atomic E-state index is 12.5. The van der Waals surface area contributed by atoms with Gasteiger partial charge in [0.1, 0.15) is 18.1 Å². The molecule has 0 radical (unpaired) electrons. The Balaban J connectivity index is 1.35. The summed E-state index contributed by atoms with van der Waals surface area (Å²) < 4.78 is 77.5. The fraction of sp³-hybridized carbons (Fsp3) is 0.321. The quantitative estimate of drug-likeness (QED) is 0.0272. The Morgan fingerprint density at radius 2 is 1.61 bits per heavy atom. The zero-order valence-electron chi connectivity index (χ0n) is 38.8. The highest BCUT2D eigenvalue weighted by Gasteiger charge is 2.46. The van der Waals surface area contributed by atoms with Crippen molar-refractivity contribution >= 4 is 64.8 Å². The molecule has 0 fully saturated rings. The van der Waals surface area contributed by atoms with E-state index in [4.69, 9.17) is 4.74 Å². The van der Waals surface area contributed by atoms with Crippen LogP contribution in [0, 0.1) is 6.92 Å². The molecule has 346 valence electrons. The number of amides is 1. The number of unbranched alkanes of at least 4 members (excludes halogenated alkanes) is 1. The van der Waals surface area contributed by atoms with Crippen molar-refractivity contribution in [3.63, 3.8) is 0 Å². The molecule has 0 saturated carbocycles. The predicted octanol–water partition coefficient (Wildman–Crippen LogP) is 10.4. The van der Waals surface area contributed by atoms with Crippen molar-refractivity contribution in [2.75, 3.05) is 30.3 Å². The summed E-state index contributed by atoms with van der Waals surface area (Å²) in [6.07, 6.45) is 10.7. The molecule has 0 aromatic heterocycles. The number of allylic oxidation sites excluding steroid dienone is 5. The van der Waals surface area contributed by atoms with Crippen molar-refractivity contribution in [2.45, 2.75) is 89.9 Å². The number of ether oxygens (including phenoxy) is 1. The Morgan fingerprint density at radius 1 is 0.879 bits per heavy atom. The number of hydrogen-bond donors (Lipinski definition) is 3.